The Labute approximate surface area is 441 Å². The number of unbranched alkanes of at least 4 members (excludes halogenated alkanes) is 5. The van der Waals surface area contributed by atoms with Crippen molar-refractivity contribution in [3.63, 3.8) is 0 Å². The fourth-order valence-corrected chi connectivity index (χ4v) is 7.54. The summed E-state index contributed by atoms with van der Waals surface area (Å²) in [6.07, 6.45) is 8.16. The highest BCUT2D eigenvalue weighted by Gasteiger charge is 2.36. The van der Waals surface area contributed by atoms with Crippen LogP contribution in [-0.2, 0) is 47.9 Å². The first-order valence-electron chi connectivity index (χ1n) is 26.6. The Hall–Kier alpha value is -5.38. The number of rotatable bonds is 37. The zero-order valence-corrected chi connectivity index (χ0v) is 47.5. The Bertz CT molecular complexity index is 1840. The third-order valence-corrected chi connectivity index (χ3v) is 12.2. The summed E-state index contributed by atoms with van der Waals surface area (Å²) in [5, 5.41) is 38.8. The molecule has 0 aliphatic carbocycles. The van der Waals surface area contributed by atoms with Gasteiger partial charge >= 0.3 is 0 Å². The molecule has 0 saturated heterocycles. The molecule has 10 amide bonds. The lowest BCUT2D eigenvalue weighted by Crippen LogP contribution is -2.61. The lowest BCUT2D eigenvalue weighted by Gasteiger charge is -2.29. The van der Waals surface area contributed by atoms with Crippen LogP contribution in [0.25, 0.3) is 0 Å². The average Bonchev–Trinajstić information content (AvgIpc) is 3.30. The van der Waals surface area contributed by atoms with E-state index in [1.54, 1.807) is 20.8 Å². The van der Waals surface area contributed by atoms with Crippen molar-refractivity contribution in [2.75, 3.05) is 39.3 Å². The van der Waals surface area contributed by atoms with E-state index in [-0.39, 0.29) is 55.6 Å². The summed E-state index contributed by atoms with van der Waals surface area (Å²) in [5.74, 6) is -6.59. The van der Waals surface area contributed by atoms with E-state index in [4.69, 9.17) is 0 Å². The fourth-order valence-electron chi connectivity index (χ4n) is 7.54. The highest BCUT2D eigenvalue weighted by molar-refractivity contribution is 5.98. The van der Waals surface area contributed by atoms with Crippen LogP contribution in [0.5, 0.6) is 0 Å². The molecular weight excluding hydrogens is 955 g/mol. The third-order valence-electron chi connectivity index (χ3n) is 12.2. The minimum atomic E-state index is -1.57. The lowest BCUT2D eigenvalue weighted by molar-refractivity contribution is -0.136. The van der Waals surface area contributed by atoms with E-state index in [0.29, 0.717) is 19.4 Å². The highest BCUT2D eigenvalue weighted by Crippen LogP contribution is 2.13. The van der Waals surface area contributed by atoms with Gasteiger partial charge in [-0.05, 0) is 97.4 Å². The standard InChI is InChI=1S/C52H97N11O11/c1-16-18-19-20-21-22-23-57-50(10,11)47(72)55-29-41(67)60-38(26-34(7)8)45(70)62-51(12,13)48(73)54-27-39(65)53-28-40(66)59-37(25-33(5)6)44(69)63-52(14,15)49(74)56-30-42(68)61-43(35(9)17-2)46(71)58-36(31-64)24-32(3)4/h32-38,43,57,64H,16-31H2,1-15H3,(H,53,65)(H,54,73)(H,55,72)(H,56,74)(H,58,71)(H,59,66)(H,60,67)(H,61,68)(H,62,70)(H,63,69)/t35-,36-,37-,38-,43-/m0/s1. The van der Waals surface area contributed by atoms with Crippen LogP contribution in [0.2, 0.25) is 0 Å². The monoisotopic (exact) mass is 1050 g/mol. The van der Waals surface area contributed by atoms with Gasteiger partial charge in [-0.25, -0.2) is 0 Å². The maximum Gasteiger partial charge on any atom is 0.245 e. The van der Waals surface area contributed by atoms with Crippen LogP contribution < -0.4 is 58.5 Å². The summed E-state index contributed by atoms with van der Waals surface area (Å²) < 4.78 is 0. The van der Waals surface area contributed by atoms with Crippen LogP contribution >= 0.6 is 0 Å². The predicted octanol–water partition coefficient (Wildman–Crippen LogP) is 1.09. The van der Waals surface area contributed by atoms with Crippen molar-refractivity contribution in [1.29, 1.82) is 0 Å². The highest BCUT2D eigenvalue weighted by atomic mass is 16.3. The Morgan fingerprint density at radius 3 is 1.26 bits per heavy atom. The van der Waals surface area contributed by atoms with Crippen molar-refractivity contribution in [3.05, 3.63) is 0 Å². The van der Waals surface area contributed by atoms with Gasteiger partial charge in [0.1, 0.15) is 29.2 Å². The minimum Gasteiger partial charge on any atom is -0.394 e. The molecule has 0 spiro atoms. The van der Waals surface area contributed by atoms with Crippen LogP contribution in [0, 0.1) is 23.7 Å². The summed E-state index contributed by atoms with van der Waals surface area (Å²) in [6, 6.07) is -3.61. The van der Waals surface area contributed by atoms with Crippen LogP contribution in [0.1, 0.15) is 168 Å². The van der Waals surface area contributed by atoms with E-state index < -0.39 is 114 Å². The molecule has 0 heterocycles. The molecular formula is C52H97N11O11. The zero-order valence-electron chi connectivity index (χ0n) is 47.5. The van der Waals surface area contributed by atoms with Gasteiger partial charge in [0, 0.05) is 0 Å². The molecule has 0 rings (SSSR count). The van der Waals surface area contributed by atoms with Gasteiger partial charge < -0.3 is 63.6 Å². The Kier molecular flexibility index (Phi) is 31.8. The first-order chi connectivity index (χ1) is 34.3. The zero-order chi connectivity index (χ0) is 57.0. The summed E-state index contributed by atoms with van der Waals surface area (Å²) in [5.41, 5.74) is -4.06. The van der Waals surface area contributed by atoms with Crippen LogP contribution in [-0.4, -0.2) is 144 Å². The molecule has 0 saturated carbocycles. The molecule has 0 aromatic carbocycles. The van der Waals surface area contributed by atoms with Gasteiger partial charge in [0.2, 0.25) is 59.1 Å². The van der Waals surface area contributed by atoms with Crippen molar-refractivity contribution in [2.24, 2.45) is 23.7 Å². The average molecular weight is 1050 g/mol. The number of hydrogen-bond acceptors (Lipinski definition) is 12. The number of aliphatic hydroxyl groups is 1. The summed E-state index contributed by atoms with van der Waals surface area (Å²) in [4.78, 5) is 131. The number of carbonyl (C=O) groups is 10. The Morgan fingerprint density at radius 2 is 0.838 bits per heavy atom. The first-order valence-corrected chi connectivity index (χ1v) is 26.6. The smallest absolute Gasteiger partial charge is 0.245 e. The number of aliphatic hydroxyl groups excluding tert-OH is 1. The van der Waals surface area contributed by atoms with Gasteiger partial charge in [-0.3, -0.25) is 47.9 Å². The van der Waals surface area contributed by atoms with Crippen molar-refractivity contribution in [2.45, 2.75) is 209 Å². The van der Waals surface area contributed by atoms with Crippen molar-refractivity contribution < 1.29 is 53.1 Å². The van der Waals surface area contributed by atoms with Crippen molar-refractivity contribution in [1.82, 2.24) is 58.5 Å². The lowest BCUT2D eigenvalue weighted by atomic mass is 9.97. The molecule has 5 atom stereocenters. The molecule has 426 valence electrons. The van der Waals surface area contributed by atoms with Gasteiger partial charge in [-0.15, -0.1) is 0 Å². The molecule has 12 N–H and O–H groups in total. The molecule has 0 unspecified atom stereocenters. The number of hydrogen-bond donors (Lipinski definition) is 12. The van der Waals surface area contributed by atoms with E-state index in [1.807, 2.05) is 48.5 Å². The molecule has 0 aliphatic rings. The predicted molar refractivity (Wildman–Crippen MR) is 285 cm³/mol. The van der Waals surface area contributed by atoms with E-state index in [9.17, 15) is 53.1 Å². The Morgan fingerprint density at radius 1 is 0.446 bits per heavy atom. The van der Waals surface area contributed by atoms with Gasteiger partial charge in [0.25, 0.3) is 0 Å². The van der Waals surface area contributed by atoms with Gasteiger partial charge in [-0.2, -0.15) is 0 Å². The van der Waals surface area contributed by atoms with E-state index in [1.165, 1.54) is 47.0 Å². The topological polar surface area (TPSA) is 323 Å². The molecule has 22 heteroatoms. The largest absolute Gasteiger partial charge is 0.394 e. The molecule has 0 aromatic rings. The molecule has 0 radical (unpaired) electrons. The quantitative estimate of drug-likeness (QED) is 0.0389. The second-order valence-corrected chi connectivity index (χ2v) is 22.3. The summed E-state index contributed by atoms with van der Waals surface area (Å²) >= 11 is 0. The second-order valence-electron chi connectivity index (χ2n) is 22.3. The second kappa shape index (κ2) is 34.2. The third kappa shape index (κ3) is 28.3. The van der Waals surface area contributed by atoms with Crippen molar-refractivity contribution >= 4 is 59.1 Å². The molecule has 0 bridgehead atoms. The van der Waals surface area contributed by atoms with E-state index in [2.05, 4.69) is 65.4 Å². The SMILES string of the molecule is CCCCCCCCNC(C)(C)C(=O)NCC(=O)N[C@@H](CC(C)C)C(=O)NC(C)(C)C(=O)NCC(=O)NCC(=O)N[C@@H](CC(C)C)C(=O)NC(C)(C)C(=O)NCC(=O)N[C@H](C(=O)N[C@H](CO)CC(C)C)[C@@H](C)CC. The normalized spacial score (nSPS) is 13.9. The fraction of sp³-hybridized carbons (Fsp3) is 0.808. The first kappa shape index (κ1) is 68.6. The van der Waals surface area contributed by atoms with Crippen molar-refractivity contribution in [3.8, 4) is 0 Å². The van der Waals surface area contributed by atoms with E-state index >= 15 is 0 Å². The molecule has 74 heavy (non-hydrogen) atoms. The maximum atomic E-state index is 13.5. The molecule has 0 fully saturated rings. The Balaban J connectivity index is 5.32. The van der Waals surface area contributed by atoms with Crippen LogP contribution in [0.4, 0.5) is 0 Å². The number of carbonyl (C=O) groups excluding carboxylic acids is 10. The van der Waals surface area contributed by atoms with Crippen LogP contribution in [0.15, 0.2) is 0 Å². The van der Waals surface area contributed by atoms with Gasteiger partial charge in [-0.1, -0.05) is 101 Å². The minimum absolute atomic E-state index is 0.0392. The van der Waals surface area contributed by atoms with E-state index in [0.717, 1.165) is 19.3 Å². The van der Waals surface area contributed by atoms with Gasteiger partial charge in [0.15, 0.2) is 0 Å². The molecule has 22 nitrogen and oxygen atoms in total. The molecule has 0 aromatic heterocycles. The number of nitrogens with one attached hydrogen (secondary N) is 11. The molecule has 0 aliphatic heterocycles. The summed E-state index contributed by atoms with van der Waals surface area (Å²) in [7, 11) is 0. The van der Waals surface area contributed by atoms with Gasteiger partial charge in [0.05, 0.1) is 44.4 Å². The summed E-state index contributed by atoms with van der Waals surface area (Å²) in [6.45, 7) is 24.6. The maximum absolute atomic E-state index is 13.5. The number of amides is 10. The van der Waals surface area contributed by atoms with Crippen LogP contribution in [0.3, 0.4) is 0 Å².